The molecule has 0 saturated carbocycles. The van der Waals surface area contributed by atoms with E-state index in [0.29, 0.717) is 0 Å². The topological polar surface area (TPSA) is 9.72 Å². The Bertz CT molecular complexity index is 3130. The predicted molar refractivity (Wildman–Crippen MR) is 277 cm³/mol. The number of benzene rings is 9. The summed E-state index contributed by atoms with van der Waals surface area (Å²) in [5.74, 6) is 0. The van der Waals surface area contributed by atoms with Crippen LogP contribution in [0.5, 0.6) is 0 Å². The summed E-state index contributed by atoms with van der Waals surface area (Å²) in [4.78, 5) is 13.0. The van der Waals surface area contributed by atoms with E-state index in [1.807, 2.05) is 0 Å². The molecule has 0 atom stereocenters. The second kappa shape index (κ2) is 14.9. The molecule has 0 saturated heterocycles. The van der Waals surface area contributed by atoms with Crippen LogP contribution in [0.1, 0.15) is 33.4 Å². The number of rotatable bonds is 5. The summed E-state index contributed by atoms with van der Waals surface area (Å²) in [7, 11) is -1.96. The van der Waals surface area contributed by atoms with Crippen molar-refractivity contribution in [2.24, 2.45) is 0 Å². The van der Waals surface area contributed by atoms with Crippen LogP contribution >= 0.6 is 10.0 Å². The minimum Gasteiger partial charge on any atom is -0.311 e. The lowest BCUT2D eigenvalue weighted by atomic mass is 9.33. The van der Waals surface area contributed by atoms with Gasteiger partial charge in [0.1, 0.15) is 0 Å². The Morgan fingerprint density at radius 3 is 1.08 bits per heavy atom. The van der Waals surface area contributed by atoms with E-state index in [1.165, 1.54) is 103 Å². The summed E-state index contributed by atoms with van der Waals surface area (Å²) in [6.07, 6.45) is 0. The van der Waals surface area contributed by atoms with Crippen LogP contribution in [-0.4, -0.2) is 6.71 Å². The van der Waals surface area contributed by atoms with Crippen LogP contribution in [0.2, 0.25) is 0 Å². The Balaban J connectivity index is 1.22. The van der Waals surface area contributed by atoms with Gasteiger partial charge in [-0.15, -0.1) is 10.0 Å². The van der Waals surface area contributed by atoms with Crippen molar-refractivity contribution in [1.82, 2.24) is 0 Å². The van der Waals surface area contributed by atoms with Gasteiger partial charge in [-0.1, -0.05) is 119 Å². The first kappa shape index (κ1) is 39.4. The first-order valence-electron chi connectivity index (χ1n) is 22.8. The minimum absolute atomic E-state index is 0.0294. The third-order valence-electron chi connectivity index (χ3n) is 13.8. The maximum Gasteiger partial charge on any atom is 0.252 e. The van der Waals surface area contributed by atoms with Crippen LogP contribution in [0.4, 0.5) is 51.2 Å². The van der Waals surface area contributed by atoms with Gasteiger partial charge in [-0.05, 0) is 166 Å². The van der Waals surface area contributed by atoms with Gasteiger partial charge in [0, 0.05) is 53.7 Å². The third-order valence-corrected chi connectivity index (χ3v) is 17.7. The van der Waals surface area contributed by atoms with Crippen molar-refractivity contribution in [3.8, 4) is 0 Å². The summed E-state index contributed by atoms with van der Waals surface area (Å²) in [5.41, 5.74) is 22.2. The number of fused-ring (bicyclic) bond motifs is 6. The summed E-state index contributed by atoms with van der Waals surface area (Å²) in [6, 6.07) is 74.3. The van der Waals surface area contributed by atoms with Crippen molar-refractivity contribution in [3.63, 3.8) is 0 Å². The van der Waals surface area contributed by atoms with Crippen molar-refractivity contribution < 1.29 is 0 Å². The molecule has 65 heavy (non-hydrogen) atoms. The molecule has 0 aliphatic carbocycles. The van der Waals surface area contributed by atoms with Crippen molar-refractivity contribution >= 4 is 84.3 Å². The van der Waals surface area contributed by atoms with E-state index < -0.39 is 10.0 Å². The van der Waals surface area contributed by atoms with Gasteiger partial charge in [0.25, 0.3) is 6.71 Å². The third kappa shape index (κ3) is 5.99. The highest BCUT2D eigenvalue weighted by atomic mass is 32.3. The van der Waals surface area contributed by atoms with Gasteiger partial charge in [-0.25, -0.2) is 0 Å². The molecule has 3 heterocycles. The molecule has 9 aromatic rings. The van der Waals surface area contributed by atoms with E-state index in [2.05, 4.69) is 250 Å². The smallest absolute Gasteiger partial charge is 0.252 e. The van der Waals surface area contributed by atoms with Gasteiger partial charge < -0.3 is 14.7 Å². The Morgan fingerprint density at radius 2 is 0.662 bits per heavy atom. The van der Waals surface area contributed by atoms with Gasteiger partial charge in [0.05, 0.1) is 17.1 Å². The molecule has 5 heteroatoms. The average molecular weight is 856 g/mol. The highest BCUT2D eigenvalue weighted by Gasteiger charge is 2.46. The Labute approximate surface area is 385 Å². The number of hydrogen-bond donors (Lipinski definition) is 0. The summed E-state index contributed by atoms with van der Waals surface area (Å²) >= 11 is 0. The normalized spacial score (nSPS) is 14.5. The Kier molecular flexibility index (Phi) is 9.05. The van der Waals surface area contributed by atoms with Crippen LogP contribution < -0.4 is 31.1 Å². The largest absolute Gasteiger partial charge is 0.311 e. The first-order valence-corrected chi connectivity index (χ1v) is 24.4. The molecular weight excluding hydrogens is 806 g/mol. The van der Waals surface area contributed by atoms with E-state index in [4.69, 9.17) is 0 Å². The molecular formula is C60H50BN3S. The second-order valence-corrected chi connectivity index (χ2v) is 21.4. The molecule has 0 radical (unpaired) electrons. The lowest BCUT2D eigenvalue weighted by Crippen LogP contribution is -2.61. The zero-order chi connectivity index (χ0) is 44.1. The lowest BCUT2D eigenvalue weighted by Gasteiger charge is -2.50. The molecule has 9 aromatic carbocycles. The first-order chi connectivity index (χ1) is 31.7. The van der Waals surface area contributed by atoms with Crippen LogP contribution in [0, 0.1) is 41.5 Å². The summed E-state index contributed by atoms with van der Waals surface area (Å²) < 4.78 is 0. The molecule has 3 nitrogen and oxygen atoms in total. The van der Waals surface area contributed by atoms with Crippen LogP contribution in [0.25, 0.3) is 0 Å². The minimum atomic E-state index is -1.96. The molecule has 0 bridgehead atoms. The SMILES string of the molecule is Cc1ccc(N2c3ccc(C)cc3B3c4cc(C)ccc4N(c4ccc(C)cc4)c4cc(N5c6ccc(C)cc6S(c6ccccc6)(c6ccccc6)c6cc(C)ccc65)cc2c43)cc1. The van der Waals surface area contributed by atoms with E-state index in [-0.39, 0.29) is 6.71 Å². The van der Waals surface area contributed by atoms with Crippen molar-refractivity contribution in [2.75, 3.05) is 14.7 Å². The molecule has 3 aliphatic heterocycles. The molecule has 0 unspecified atom stereocenters. The van der Waals surface area contributed by atoms with E-state index >= 15 is 0 Å². The van der Waals surface area contributed by atoms with E-state index in [1.54, 1.807) is 0 Å². The van der Waals surface area contributed by atoms with Crippen LogP contribution in [-0.2, 0) is 0 Å². The quantitative estimate of drug-likeness (QED) is 0.160. The zero-order valence-corrected chi connectivity index (χ0v) is 38.6. The maximum absolute atomic E-state index is 2.59. The van der Waals surface area contributed by atoms with Gasteiger partial charge in [0.2, 0.25) is 0 Å². The van der Waals surface area contributed by atoms with Crippen molar-refractivity contribution in [2.45, 2.75) is 61.1 Å². The van der Waals surface area contributed by atoms with Crippen LogP contribution in [0.15, 0.2) is 214 Å². The molecule has 0 spiro atoms. The molecule has 0 amide bonds. The van der Waals surface area contributed by atoms with E-state index in [9.17, 15) is 0 Å². The molecule has 314 valence electrons. The van der Waals surface area contributed by atoms with Crippen molar-refractivity contribution in [3.05, 3.63) is 228 Å². The standard InChI is InChI=1S/C60H50BN3S/c1-39-17-25-45(26-18-39)62-52-29-21-41(3)33-50(52)61-51-34-42(4)22-30-53(51)63(46-27-19-40(2)20-28-46)57-38-47(37-56(62)60(57)61)64-54-31-23-43(5)35-58(54)65(48-13-9-7-10-14-48,49-15-11-8-12-16-49)59-36-44(6)24-32-55(59)64/h7-38H,1-6H3. The zero-order valence-electron chi connectivity index (χ0n) is 37.8. The molecule has 12 rings (SSSR count). The maximum atomic E-state index is 2.59. The molecule has 0 fully saturated rings. The van der Waals surface area contributed by atoms with E-state index in [0.717, 1.165) is 17.1 Å². The van der Waals surface area contributed by atoms with Crippen molar-refractivity contribution in [1.29, 1.82) is 0 Å². The monoisotopic (exact) mass is 855 g/mol. The summed E-state index contributed by atoms with van der Waals surface area (Å²) in [5, 5.41) is 0. The van der Waals surface area contributed by atoms with Crippen LogP contribution in [0.3, 0.4) is 0 Å². The van der Waals surface area contributed by atoms with Gasteiger partial charge in [-0.3, -0.25) is 0 Å². The Hall–Kier alpha value is -7.21. The van der Waals surface area contributed by atoms with Gasteiger partial charge in [-0.2, -0.15) is 0 Å². The number of aryl methyl sites for hydroxylation is 6. The Morgan fingerprint density at radius 1 is 0.308 bits per heavy atom. The fourth-order valence-corrected chi connectivity index (χ4v) is 15.2. The lowest BCUT2D eigenvalue weighted by molar-refractivity contribution is 1.10. The second-order valence-electron chi connectivity index (χ2n) is 18.3. The fourth-order valence-electron chi connectivity index (χ4n) is 10.8. The van der Waals surface area contributed by atoms with Gasteiger partial charge >= 0.3 is 0 Å². The highest BCUT2D eigenvalue weighted by Crippen LogP contribution is 2.79. The predicted octanol–water partition coefficient (Wildman–Crippen LogP) is 14.7. The van der Waals surface area contributed by atoms with Gasteiger partial charge in [0.15, 0.2) is 0 Å². The number of nitrogens with zero attached hydrogens (tertiary/aromatic N) is 3. The fraction of sp³-hybridized carbons (Fsp3) is 0.100. The molecule has 0 aromatic heterocycles. The molecule has 3 aliphatic rings. The highest BCUT2D eigenvalue weighted by molar-refractivity contribution is 8.34. The number of anilines is 9. The average Bonchev–Trinajstić information content (AvgIpc) is 3.32. The molecule has 0 N–H and O–H groups in total. The number of hydrogen-bond acceptors (Lipinski definition) is 3. The summed E-state index contributed by atoms with van der Waals surface area (Å²) in [6.45, 7) is 13.3.